The van der Waals surface area contributed by atoms with E-state index < -0.39 is 59.5 Å². The monoisotopic (exact) mass is 519 g/mol. The van der Waals surface area contributed by atoms with E-state index in [1.54, 1.807) is 0 Å². The van der Waals surface area contributed by atoms with Crippen molar-refractivity contribution in [2.24, 2.45) is 0 Å². The fourth-order valence-electron chi connectivity index (χ4n) is 2.81. The maximum absolute atomic E-state index is 12.2. The van der Waals surface area contributed by atoms with E-state index in [9.17, 15) is 43.1 Å². The highest BCUT2D eigenvalue weighted by Crippen LogP contribution is 2.61. The molecule has 21 heteroatoms. The van der Waals surface area contributed by atoms with Gasteiger partial charge in [0.15, 0.2) is 25.0 Å². The average Bonchev–Trinajstić information content (AvgIpc) is 3.09. The van der Waals surface area contributed by atoms with E-state index >= 15 is 0 Å². The third-order valence-electron chi connectivity index (χ3n) is 3.86. The molecule has 1 aliphatic rings. The first-order valence-corrected chi connectivity index (χ1v) is 13.0. The molecule has 3 unspecified atom stereocenters. The summed E-state index contributed by atoms with van der Waals surface area (Å²) in [4.78, 5) is 74.5. The lowest BCUT2D eigenvalue weighted by Crippen LogP contribution is -2.27. The molecule has 0 saturated carbocycles. The quantitative estimate of drug-likeness (QED) is 0.250. The van der Waals surface area contributed by atoms with Crippen molar-refractivity contribution in [1.29, 1.82) is 0 Å². The van der Waals surface area contributed by atoms with Crippen LogP contribution in [0.25, 0.3) is 11.2 Å². The van der Waals surface area contributed by atoms with Gasteiger partial charge in [0.05, 0.1) is 0 Å². The second-order valence-corrected chi connectivity index (χ2v) is 11.0. The lowest BCUT2D eigenvalue weighted by atomic mass is 10.2. The van der Waals surface area contributed by atoms with Crippen LogP contribution < -0.4 is 25.9 Å². The van der Waals surface area contributed by atoms with Gasteiger partial charge in [-0.1, -0.05) is 0 Å². The summed E-state index contributed by atoms with van der Waals surface area (Å²) in [6, 6.07) is 0. The highest BCUT2D eigenvalue weighted by molar-refractivity contribution is 7.66. The summed E-state index contributed by atoms with van der Waals surface area (Å²) in [5, 5.41) is 10.1. The number of H-pyrrole nitrogens is 2. The zero-order valence-electron chi connectivity index (χ0n) is 15.7. The molecule has 3 rings (SSSR count). The highest BCUT2D eigenvalue weighted by Gasteiger charge is 2.38. The van der Waals surface area contributed by atoms with E-state index in [1.807, 2.05) is 0 Å². The van der Waals surface area contributed by atoms with Gasteiger partial charge in [-0.3, -0.25) is 23.2 Å². The molecule has 2 aromatic heterocycles. The van der Waals surface area contributed by atoms with Crippen LogP contribution in [0.4, 0.5) is 0 Å². The number of aliphatic hydroxyl groups is 1. The van der Waals surface area contributed by atoms with Crippen LogP contribution in [-0.2, 0) is 31.8 Å². The number of aryl methyl sites for hydroxylation is 1. The van der Waals surface area contributed by atoms with Crippen LogP contribution in [0.1, 0.15) is 18.5 Å². The van der Waals surface area contributed by atoms with Gasteiger partial charge < -0.3 is 43.7 Å². The highest BCUT2D eigenvalue weighted by atomic mass is 31.3. The summed E-state index contributed by atoms with van der Waals surface area (Å²) < 4.78 is 51.0. The van der Waals surface area contributed by atoms with E-state index in [-0.39, 0.29) is 23.4 Å². The van der Waals surface area contributed by atoms with Gasteiger partial charge in [0.1, 0.15) is 24.5 Å². The molecule has 6 atom stereocenters. The summed E-state index contributed by atoms with van der Waals surface area (Å²) in [7, 11) is -17.4. The van der Waals surface area contributed by atoms with Crippen LogP contribution in [0.15, 0.2) is 9.59 Å². The van der Waals surface area contributed by atoms with Crippen molar-refractivity contribution in [1.82, 2.24) is 19.5 Å². The zero-order valence-corrected chi connectivity index (χ0v) is 18.4. The van der Waals surface area contributed by atoms with Crippen molar-refractivity contribution < 1.29 is 56.5 Å². The van der Waals surface area contributed by atoms with Crippen molar-refractivity contribution >= 4 is 34.4 Å². The maximum Gasteiger partial charge on any atom is 0.329 e. The Balaban J connectivity index is 1.72. The average molecular weight is 519 g/mol. The molecule has 3 heterocycles. The van der Waals surface area contributed by atoms with Gasteiger partial charge in [-0.2, -0.15) is 0 Å². The number of rotatable bonds is 8. The van der Waals surface area contributed by atoms with E-state index in [1.165, 1.54) is 6.92 Å². The lowest BCUT2D eigenvalue weighted by Gasteiger charge is -2.33. The Hall–Kier alpha value is -1.52. The predicted molar refractivity (Wildman–Crippen MR) is 93.4 cm³/mol. The van der Waals surface area contributed by atoms with Crippen LogP contribution >= 0.6 is 23.2 Å². The summed E-state index contributed by atoms with van der Waals surface area (Å²) in [5.74, 6) is 0.167. The first-order chi connectivity index (χ1) is 14.6. The van der Waals surface area contributed by atoms with Gasteiger partial charge in [0.25, 0.3) is 21.2 Å². The summed E-state index contributed by atoms with van der Waals surface area (Å²) in [6.07, 6.45) is -6.34. The third-order valence-corrected chi connectivity index (χ3v) is 7.74. The largest absolute Gasteiger partial charge is 0.777 e. The molecule has 2 aromatic rings. The smallest absolute Gasteiger partial charge is 0.329 e. The van der Waals surface area contributed by atoms with Gasteiger partial charge in [0, 0.05) is 6.42 Å². The number of nitrogens with one attached hydrogen (secondary N) is 2. The van der Waals surface area contributed by atoms with Crippen LogP contribution in [-0.4, -0.2) is 48.3 Å². The summed E-state index contributed by atoms with van der Waals surface area (Å²) in [5.41, 5.74) is -1.75. The molecule has 0 bridgehead atoms. The second kappa shape index (κ2) is 8.68. The predicted octanol–water partition coefficient (Wildman–Crippen LogP) is -3.18. The molecule has 1 aliphatic heterocycles. The normalized spacial score (nSPS) is 27.1. The Morgan fingerprint density at radius 3 is 2.50 bits per heavy atom. The molecule has 0 aromatic carbocycles. The minimum atomic E-state index is -6.03. The van der Waals surface area contributed by atoms with E-state index in [0.29, 0.717) is 0 Å². The molecule has 0 spiro atoms. The number of phosphoric acid groups is 2. The molecule has 180 valence electrons. The van der Waals surface area contributed by atoms with Crippen LogP contribution in [0.2, 0.25) is 0 Å². The Bertz CT molecular complexity index is 1280. The van der Waals surface area contributed by atoms with Crippen LogP contribution in [0.5, 0.6) is 0 Å². The number of hydrogen-bond acceptors (Lipinski definition) is 14. The summed E-state index contributed by atoms with van der Waals surface area (Å²) >= 11 is 0. The SMILES string of the molecule is Cc1nc2c([nH]c(=O)n2[C@H]2C[C@@H](O)[C@@H](OCP(=O)([O-])OP(=O)([O-])OP(=O)([O-])O)O2)c(=O)[nH]1. The minimum absolute atomic E-state index is 0.109. The minimum Gasteiger partial charge on any atom is -0.777 e. The molecular weight excluding hydrogens is 505 g/mol. The standard InChI is InChI=1S/C11H17N4O14P3/c1-4-12-8-7(9(17)13-4)14-11(18)15(8)6-2-5(16)10(27-6)26-3-30(19,20)28-32(24,25)29-31(21,22)23/h5-6,10,16H,2-3H2,1H3,(H,14,18)(H,19,20)(H,24,25)(H,12,13,17)(H2,21,22,23)/p-3/t5-,6-,10+/m1/s1. The van der Waals surface area contributed by atoms with E-state index in [0.717, 1.165) is 4.57 Å². The first kappa shape index (κ1) is 25.1. The number of imidazole rings is 1. The molecule has 4 N–H and O–H groups in total. The molecule has 0 amide bonds. The number of aliphatic hydroxyl groups excluding tert-OH is 1. The van der Waals surface area contributed by atoms with Gasteiger partial charge >= 0.3 is 5.69 Å². The van der Waals surface area contributed by atoms with Crippen LogP contribution in [0, 0.1) is 6.92 Å². The number of fused-ring (bicyclic) bond motifs is 1. The van der Waals surface area contributed by atoms with E-state index in [2.05, 4.69) is 23.6 Å². The molecule has 0 aliphatic carbocycles. The second-order valence-electron chi connectivity index (χ2n) is 6.40. The Morgan fingerprint density at radius 1 is 1.22 bits per heavy atom. The molecule has 18 nitrogen and oxygen atoms in total. The molecule has 0 radical (unpaired) electrons. The number of aromatic nitrogens is 4. The van der Waals surface area contributed by atoms with Crippen LogP contribution in [0.3, 0.4) is 0 Å². The summed E-state index contributed by atoms with van der Waals surface area (Å²) in [6.45, 7) is 1.45. The van der Waals surface area contributed by atoms with Crippen molar-refractivity contribution in [2.75, 3.05) is 6.35 Å². The Labute approximate surface area is 176 Å². The van der Waals surface area contributed by atoms with Crippen molar-refractivity contribution in [3.8, 4) is 0 Å². The fraction of sp³-hybridized carbons (Fsp3) is 0.545. The fourth-order valence-corrected chi connectivity index (χ4v) is 5.94. The molecular formula is C11H14N4O14P3-3. The van der Waals surface area contributed by atoms with Gasteiger partial charge in [-0.05, 0) is 6.92 Å². The van der Waals surface area contributed by atoms with Gasteiger partial charge in [-0.25, -0.2) is 18.7 Å². The third kappa shape index (κ3) is 5.88. The lowest BCUT2D eigenvalue weighted by molar-refractivity contribution is -0.245. The molecule has 32 heavy (non-hydrogen) atoms. The number of hydrogen-bond donors (Lipinski definition) is 4. The zero-order chi connectivity index (χ0) is 24.1. The van der Waals surface area contributed by atoms with E-state index in [4.69, 9.17) is 14.4 Å². The number of ether oxygens (including phenoxy) is 2. The van der Waals surface area contributed by atoms with Crippen molar-refractivity contribution in [2.45, 2.75) is 32.0 Å². The maximum atomic E-state index is 12.2. The molecule has 1 saturated heterocycles. The van der Waals surface area contributed by atoms with Gasteiger partial charge in [0.2, 0.25) is 0 Å². The molecule has 1 fully saturated rings. The van der Waals surface area contributed by atoms with Gasteiger partial charge in [-0.15, -0.1) is 0 Å². The first-order valence-electron chi connectivity index (χ1n) is 8.31. The Morgan fingerprint density at radius 2 is 1.88 bits per heavy atom. The topological polar surface area (TPSA) is 281 Å². The Kier molecular flexibility index (Phi) is 6.81. The number of aromatic amines is 2. The van der Waals surface area contributed by atoms with Crippen molar-refractivity contribution in [3.05, 3.63) is 26.7 Å². The number of nitrogens with zero attached hydrogens (tertiary/aromatic N) is 2. The van der Waals surface area contributed by atoms with Crippen molar-refractivity contribution in [3.63, 3.8) is 0 Å².